The van der Waals surface area contributed by atoms with Gasteiger partial charge in [-0.2, -0.15) is 0 Å². The van der Waals surface area contributed by atoms with Crippen LogP contribution in [0.3, 0.4) is 0 Å². The monoisotopic (exact) mass is 278 g/mol. The summed E-state index contributed by atoms with van der Waals surface area (Å²) in [5.74, 6) is -1.25. The van der Waals surface area contributed by atoms with Gasteiger partial charge in [0.1, 0.15) is 11.7 Å². The van der Waals surface area contributed by atoms with Crippen molar-refractivity contribution in [1.82, 2.24) is 9.88 Å². The minimum Gasteiger partial charge on any atom is -0.480 e. The second-order valence-corrected chi connectivity index (χ2v) is 5.39. The minimum absolute atomic E-state index is 0.287. The molecule has 1 aliphatic rings. The molecule has 0 saturated heterocycles. The van der Waals surface area contributed by atoms with Crippen LogP contribution in [0.5, 0.6) is 0 Å². The van der Waals surface area contributed by atoms with Gasteiger partial charge >= 0.3 is 5.97 Å². The zero-order valence-corrected chi connectivity index (χ0v) is 11.8. The van der Waals surface area contributed by atoms with E-state index in [1.807, 2.05) is 23.8 Å². The summed E-state index contributed by atoms with van der Waals surface area (Å²) >= 11 is 0. The Morgan fingerprint density at radius 2 is 2.25 bits per heavy atom. The summed E-state index contributed by atoms with van der Waals surface area (Å²) in [5.41, 5.74) is 0.567. The summed E-state index contributed by atoms with van der Waals surface area (Å²) in [6, 6.07) is 3.19. The maximum Gasteiger partial charge on any atom is 0.326 e. The van der Waals surface area contributed by atoms with Gasteiger partial charge in [0.25, 0.3) is 5.91 Å². The molecule has 0 unspecified atom stereocenters. The van der Waals surface area contributed by atoms with E-state index < -0.39 is 12.0 Å². The number of aliphatic carboxylic acids is 1. The van der Waals surface area contributed by atoms with Crippen LogP contribution in [0.1, 0.15) is 62.0 Å². The Kier molecular flexibility index (Phi) is 4.82. The van der Waals surface area contributed by atoms with E-state index in [1.165, 1.54) is 6.42 Å². The Morgan fingerprint density at radius 3 is 2.80 bits per heavy atom. The van der Waals surface area contributed by atoms with Gasteiger partial charge in [-0.05, 0) is 37.8 Å². The molecule has 0 bridgehead atoms. The Morgan fingerprint density at radius 1 is 1.50 bits per heavy atom. The van der Waals surface area contributed by atoms with Gasteiger partial charge in [-0.1, -0.05) is 19.8 Å². The molecule has 1 aliphatic carbocycles. The van der Waals surface area contributed by atoms with Gasteiger partial charge in [0, 0.05) is 12.2 Å². The molecule has 110 valence electrons. The summed E-state index contributed by atoms with van der Waals surface area (Å²) in [6.07, 6.45) is 7.46. The smallest absolute Gasteiger partial charge is 0.326 e. The highest BCUT2D eigenvalue weighted by molar-refractivity contribution is 5.95. The lowest BCUT2D eigenvalue weighted by molar-refractivity contribution is -0.139. The number of carboxylic acids is 1. The second-order valence-electron chi connectivity index (χ2n) is 5.39. The highest BCUT2D eigenvalue weighted by atomic mass is 16.4. The van der Waals surface area contributed by atoms with E-state index >= 15 is 0 Å². The Bertz CT molecular complexity index is 477. The van der Waals surface area contributed by atoms with Crippen LogP contribution in [0, 0.1) is 0 Å². The fourth-order valence-corrected chi connectivity index (χ4v) is 2.47. The Hall–Kier alpha value is -1.78. The molecule has 0 radical (unpaired) electrons. The molecule has 0 spiro atoms. The van der Waals surface area contributed by atoms with E-state index in [1.54, 1.807) is 6.07 Å². The number of unbranched alkanes of at least 4 members (excludes halogenated alkanes) is 1. The molecule has 0 aromatic carbocycles. The van der Waals surface area contributed by atoms with Gasteiger partial charge < -0.3 is 15.0 Å². The van der Waals surface area contributed by atoms with Crippen LogP contribution in [0.15, 0.2) is 18.3 Å². The molecule has 1 aromatic rings. The zero-order valence-electron chi connectivity index (χ0n) is 11.8. The highest BCUT2D eigenvalue weighted by Gasteiger charge is 2.25. The number of aromatic nitrogens is 1. The first-order valence-corrected chi connectivity index (χ1v) is 7.34. The van der Waals surface area contributed by atoms with Crippen LogP contribution in [0.25, 0.3) is 0 Å². The molecule has 1 heterocycles. The molecule has 1 atom stereocenters. The third-order valence-corrected chi connectivity index (χ3v) is 3.93. The zero-order chi connectivity index (χ0) is 14.5. The van der Waals surface area contributed by atoms with E-state index in [4.69, 9.17) is 5.11 Å². The number of amides is 1. The average molecular weight is 278 g/mol. The number of rotatable bonds is 7. The molecule has 1 amide bonds. The van der Waals surface area contributed by atoms with Crippen LogP contribution in [0.2, 0.25) is 0 Å². The summed E-state index contributed by atoms with van der Waals surface area (Å²) in [7, 11) is 0. The van der Waals surface area contributed by atoms with Crippen molar-refractivity contribution in [3.8, 4) is 0 Å². The number of hydrogen-bond donors (Lipinski definition) is 2. The SMILES string of the molecule is CCCC[C@H](NC(=O)c1cccn1C1CCC1)C(=O)O. The van der Waals surface area contributed by atoms with Crippen molar-refractivity contribution in [3.63, 3.8) is 0 Å². The van der Waals surface area contributed by atoms with Gasteiger partial charge in [0.15, 0.2) is 0 Å². The molecule has 0 aliphatic heterocycles. The highest BCUT2D eigenvalue weighted by Crippen LogP contribution is 2.32. The predicted octanol–water partition coefficient (Wildman–Crippen LogP) is 2.59. The lowest BCUT2D eigenvalue weighted by atomic mass is 9.93. The largest absolute Gasteiger partial charge is 0.480 e. The molecule has 1 saturated carbocycles. The molecule has 1 aromatic heterocycles. The first-order chi connectivity index (χ1) is 9.63. The van der Waals surface area contributed by atoms with Crippen molar-refractivity contribution in [2.75, 3.05) is 0 Å². The molecule has 20 heavy (non-hydrogen) atoms. The summed E-state index contributed by atoms with van der Waals surface area (Å²) < 4.78 is 1.97. The van der Waals surface area contributed by atoms with E-state index in [2.05, 4.69) is 5.32 Å². The van der Waals surface area contributed by atoms with Gasteiger partial charge in [-0.15, -0.1) is 0 Å². The van der Waals surface area contributed by atoms with E-state index in [9.17, 15) is 9.59 Å². The summed E-state index contributed by atoms with van der Waals surface area (Å²) in [4.78, 5) is 23.4. The molecule has 5 heteroatoms. The molecule has 1 fully saturated rings. The lowest BCUT2D eigenvalue weighted by Crippen LogP contribution is -2.41. The standard InChI is InChI=1S/C15H22N2O3/c1-2-3-8-12(15(19)20)16-14(18)13-9-5-10-17(13)11-6-4-7-11/h5,9-12H,2-4,6-8H2,1H3,(H,16,18)(H,19,20)/t12-/m0/s1. The van der Waals surface area contributed by atoms with Gasteiger partial charge in [0.2, 0.25) is 0 Å². The van der Waals surface area contributed by atoms with Crippen molar-refractivity contribution in [3.05, 3.63) is 24.0 Å². The molecule has 2 rings (SSSR count). The van der Waals surface area contributed by atoms with Crippen LogP contribution >= 0.6 is 0 Å². The van der Waals surface area contributed by atoms with Crippen molar-refractivity contribution >= 4 is 11.9 Å². The van der Waals surface area contributed by atoms with E-state index in [0.717, 1.165) is 25.7 Å². The number of carboxylic acid groups (broad SMARTS) is 1. The maximum absolute atomic E-state index is 12.3. The normalized spacial score (nSPS) is 16.4. The molecule has 5 nitrogen and oxygen atoms in total. The van der Waals surface area contributed by atoms with E-state index in [0.29, 0.717) is 18.2 Å². The maximum atomic E-state index is 12.3. The fraction of sp³-hybridized carbons (Fsp3) is 0.600. The molecular weight excluding hydrogens is 256 g/mol. The number of hydrogen-bond acceptors (Lipinski definition) is 2. The van der Waals surface area contributed by atoms with Gasteiger partial charge in [-0.25, -0.2) is 4.79 Å². The van der Waals surface area contributed by atoms with E-state index in [-0.39, 0.29) is 5.91 Å². The van der Waals surface area contributed by atoms with Crippen molar-refractivity contribution < 1.29 is 14.7 Å². The lowest BCUT2D eigenvalue weighted by Gasteiger charge is -2.29. The molecule has 2 N–H and O–H groups in total. The second kappa shape index (κ2) is 6.59. The average Bonchev–Trinajstić information content (AvgIpc) is 2.80. The molecular formula is C15H22N2O3. The first-order valence-electron chi connectivity index (χ1n) is 7.34. The Labute approximate surface area is 119 Å². The van der Waals surface area contributed by atoms with Crippen molar-refractivity contribution in [2.24, 2.45) is 0 Å². The van der Waals surface area contributed by atoms with Gasteiger partial charge in [-0.3, -0.25) is 4.79 Å². The third-order valence-electron chi connectivity index (χ3n) is 3.93. The summed E-state index contributed by atoms with van der Waals surface area (Å²) in [6.45, 7) is 2.00. The third kappa shape index (κ3) is 3.21. The van der Waals surface area contributed by atoms with Crippen LogP contribution < -0.4 is 5.32 Å². The van der Waals surface area contributed by atoms with Crippen LogP contribution in [-0.4, -0.2) is 27.6 Å². The minimum atomic E-state index is -0.964. The van der Waals surface area contributed by atoms with Crippen LogP contribution in [0.4, 0.5) is 0 Å². The fourth-order valence-electron chi connectivity index (χ4n) is 2.47. The predicted molar refractivity (Wildman–Crippen MR) is 75.7 cm³/mol. The number of carbonyl (C=O) groups is 2. The van der Waals surface area contributed by atoms with Crippen LogP contribution in [-0.2, 0) is 4.79 Å². The van der Waals surface area contributed by atoms with Gasteiger partial charge in [0.05, 0.1) is 0 Å². The van der Waals surface area contributed by atoms with Crippen molar-refractivity contribution in [1.29, 1.82) is 0 Å². The van der Waals surface area contributed by atoms with Crippen molar-refractivity contribution in [2.45, 2.75) is 57.5 Å². The Balaban J connectivity index is 2.02. The topological polar surface area (TPSA) is 71.3 Å². The first kappa shape index (κ1) is 14.6. The quantitative estimate of drug-likeness (QED) is 0.805. The summed E-state index contributed by atoms with van der Waals surface area (Å²) in [5, 5.41) is 11.8. The number of carbonyl (C=O) groups excluding carboxylic acids is 1. The number of nitrogens with one attached hydrogen (secondary N) is 1. The number of nitrogens with zero attached hydrogens (tertiary/aromatic N) is 1.